The van der Waals surface area contributed by atoms with Gasteiger partial charge in [0.2, 0.25) is 0 Å². The highest BCUT2D eigenvalue weighted by Gasteiger charge is 2.21. The first-order valence-electron chi connectivity index (χ1n) is 10.0. The molecule has 1 aliphatic heterocycles. The molecule has 0 aliphatic carbocycles. The highest BCUT2D eigenvalue weighted by Crippen LogP contribution is 2.39. The Hall–Kier alpha value is -1.89. The molecule has 0 spiro atoms. The maximum Gasteiger partial charge on any atom is 0.261 e. The first-order valence-corrected chi connectivity index (χ1v) is 10.8. The molecule has 1 N–H and O–H groups in total. The van der Waals surface area contributed by atoms with Gasteiger partial charge in [0, 0.05) is 38.4 Å². The van der Waals surface area contributed by atoms with Crippen LogP contribution in [0.1, 0.15) is 29.9 Å². The van der Waals surface area contributed by atoms with E-state index in [0.717, 1.165) is 60.3 Å². The molecule has 2 aromatic rings. The predicted molar refractivity (Wildman–Crippen MR) is 115 cm³/mol. The molecule has 0 radical (unpaired) electrons. The summed E-state index contributed by atoms with van der Waals surface area (Å²) in [5, 5.41) is 4.18. The largest absolute Gasteiger partial charge is 0.381 e. The van der Waals surface area contributed by atoms with Crippen molar-refractivity contribution < 1.29 is 14.3 Å². The second-order valence-corrected chi connectivity index (χ2v) is 8.40. The third kappa shape index (κ3) is 5.80. The quantitative estimate of drug-likeness (QED) is 0.643. The zero-order valence-electron chi connectivity index (χ0n) is 16.8. The summed E-state index contributed by atoms with van der Waals surface area (Å²) in [7, 11) is 0. The Morgan fingerprint density at radius 2 is 2.00 bits per heavy atom. The Balaban J connectivity index is 1.66. The van der Waals surface area contributed by atoms with Gasteiger partial charge in [-0.2, -0.15) is 0 Å². The molecule has 152 valence electrons. The third-order valence-corrected chi connectivity index (χ3v) is 5.72. The van der Waals surface area contributed by atoms with E-state index < -0.39 is 0 Å². The molecule has 6 heteroatoms. The molecule has 5 nitrogen and oxygen atoms in total. The van der Waals surface area contributed by atoms with Crippen molar-refractivity contribution >= 4 is 22.2 Å². The maximum absolute atomic E-state index is 12.7. The lowest BCUT2D eigenvalue weighted by atomic mass is 10.1. The van der Waals surface area contributed by atoms with Crippen molar-refractivity contribution in [3.63, 3.8) is 0 Å². The molecule has 1 amide bonds. The number of morpholine rings is 1. The second kappa shape index (κ2) is 10.6. The Labute approximate surface area is 171 Å². The molecule has 3 rings (SSSR count). The molecular formula is C22H30N2O3S. The predicted octanol–water partition coefficient (Wildman–Crippen LogP) is 4.04. The number of nitrogens with one attached hydrogen (secondary N) is 1. The number of carbonyl (C=O) groups excluding carboxylic acids is 1. The molecule has 1 aromatic carbocycles. The van der Waals surface area contributed by atoms with Crippen LogP contribution in [0.3, 0.4) is 0 Å². The number of benzene rings is 1. The Kier molecular flexibility index (Phi) is 7.89. The molecule has 1 aromatic heterocycles. The van der Waals surface area contributed by atoms with Crippen LogP contribution in [0.5, 0.6) is 0 Å². The van der Waals surface area contributed by atoms with E-state index in [4.69, 9.17) is 9.47 Å². The van der Waals surface area contributed by atoms with Gasteiger partial charge in [-0.1, -0.05) is 44.2 Å². The van der Waals surface area contributed by atoms with Crippen molar-refractivity contribution in [1.29, 1.82) is 0 Å². The highest BCUT2D eigenvalue weighted by molar-refractivity contribution is 7.18. The van der Waals surface area contributed by atoms with Crippen molar-refractivity contribution in [3.8, 4) is 11.1 Å². The van der Waals surface area contributed by atoms with Gasteiger partial charge in [0.05, 0.1) is 23.1 Å². The van der Waals surface area contributed by atoms with E-state index in [0.29, 0.717) is 19.1 Å². The minimum Gasteiger partial charge on any atom is -0.381 e. The van der Waals surface area contributed by atoms with Gasteiger partial charge in [-0.3, -0.25) is 4.79 Å². The molecule has 0 bridgehead atoms. The number of rotatable bonds is 9. The lowest BCUT2D eigenvalue weighted by Gasteiger charge is -2.28. The van der Waals surface area contributed by atoms with E-state index in [1.54, 1.807) is 11.3 Å². The molecule has 1 fully saturated rings. The summed E-state index contributed by atoms with van der Waals surface area (Å²) in [5.74, 6) is 0.529. The summed E-state index contributed by atoms with van der Waals surface area (Å²) in [5.41, 5.74) is 2.26. The van der Waals surface area contributed by atoms with Gasteiger partial charge < -0.3 is 19.7 Å². The summed E-state index contributed by atoms with van der Waals surface area (Å²) in [6.07, 6.45) is 0.825. The number of amides is 1. The van der Waals surface area contributed by atoms with Crippen molar-refractivity contribution in [2.24, 2.45) is 5.92 Å². The standard InChI is InChI=1S/C22H30N2O3S/c1-17(2)16-27-12-6-9-23-21(25)20-15-19(18-7-4-3-5-8-18)22(28-20)24-10-13-26-14-11-24/h3-5,7-8,15,17H,6,9-14,16H2,1-2H3,(H,23,25). The molecule has 28 heavy (non-hydrogen) atoms. The van der Waals surface area contributed by atoms with Gasteiger partial charge in [-0.05, 0) is 24.0 Å². The molecule has 0 atom stereocenters. The van der Waals surface area contributed by atoms with Crippen LogP contribution in [0, 0.1) is 5.92 Å². The Bertz CT molecular complexity index is 739. The summed E-state index contributed by atoms with van der Waals surface area (Å²) < 4.78 is 11.1. The molecule has 1 saturated heterocycles. The first kappa shape index (κ1) is 20.8. The van der Waals surface area contributed by atoms with Gasteiger partial charge in [0.25, 0.3) is 5.91 Å². The summed E-state index contributed by atoms with van der Waals surface area (Å²) in [4.78, 5) is 15.8. The fourth-order valence-corrected chi connectivity index (χ4v) is 4.25. The third-order valence-electron chi connectivity index (χ3n) is 4.52. The zero-order valence-corrected chi connectivity index (χ0v) is 17.6. The lowest BCUT2D eigenvalue weighted by Crippen LogP contribution is -2.35. The number of anilines is 1. The van der Waals surface area contributed by atoms with Crippen LogP contribution in [0.15, 0.2) is 36.4 Å². The number of hydrogen-bond acceptors (Lipinski definition) is 5. The molecular weight excluding hydrogens is 372 g/mol. The summed E-state index contributed by atoms with van der Waals surface area (Å²) in [6, 6.07) is 12.3. The number of thiophene rings is 1. The van der Waals surface area contributed by atoms with E-state index in [1.807, 2.05) is 24.3 Å². The van der Waals surface area contributed by atoms with Crippen LogP contribution >= 0.6 is 11.3 Å². The Morgan fingerprint density at radius 1 is 1.25 bits per heavy atom. The fraction of sp³-hybridized carbons (Fsp3) is 0.500. The van der Waals surface area contributed by atoms with E-state index in [-0.39, 0.29) is 5.91 Å². The van der Waals surface area contributed by atoms with Crippen molar-refractivity contribution in [1.82, 2.24) is 5.32 Å². The van der Waals surface area contributed by atoms with E-state index in [9.17, 15) is 4.79 Å². The topological polar surface area (TPSA) is 50.8 Å². The number of nitrogens with zero attached hydrogens (tertiary/aromatic N) is 1. The minimum absolute atomic E-state index is 0.00875. The average molecular weight is 403 g/mol. The van der Waals surface area contributed by atoms with E-state index in [1.165, 1.54) is 0 Å². The monoisotopic (exact) mass is 402 g/mol. The van der Waals surface area contributed by atoms with Crippen LogP contribution in [0.25, 0.3) is 11.1 Å². The SMILES string of the molecule is CC(C)COCCCNC(=O)c1cc(-c2ccccc2)c(N2CCOCC2)s1. The van der Waals surface area contributed by atoms with Gasteiger partial charge >= 0.3 is 0 Å². The molecule has 2 heterocycles. The number of ether oxygens (including phenoxy) is 2. The van der Waals surface area contributed by atoms with Crippen LogP contribution in [-0.2, 0) is 9.47 Å². The van der Waals surface area contributed by atoms with E-state index in [2.05, 4.69) is 36.2 Å². The van der Waals surface area contributed by atoms with Gasteiger partial charge in [-0.15, -0.1) is 11.3 Å². The normalized spacial score (nSPS) is 14.5. The van der Waals surface area contributed by atoms with Crippen LogP contribution in [0.4, 0.5) is 5.00 Å². The fourth-order valence-electron chi connectivity index (χ4n) is 3.10. The lowest BCUT2D eigenvalue weighted by molar-refractivity contribution is 0.0928. The average Bonchev–Trinajstić information content (AvgIpc) is 3.17. The van der Waals surface area contributed by atoms with Gasteiger partial charge in [-0.25, -0.2) is 0 Å². The number of hydrogen-bond donors (Lipinski definition) is 1. The molecule has 1 aliphatic rings. The zero-order chi connectivity index (χ0) is 19.8. The number of carbonyl (C=O) groups is 1. The highest BCUT2D eigenvalue weighted by atomic mass is 32.1. The minimum atomic E-state index is -0.00875. The molecule has 0 saturated carbocycles. The second-order valence-electron chi connectivity index (χ2n) is 7.37. The van der Waals surface area contributed by atoms with Crippen LogP contribution in [0.2, 0.25) is 0 Å². The van der Waals surface area contributed by atoms with Crippen molar-refractivity contribution in [2.45, 2.75) is 20.3 Å². The van der Waals surface area contributed by atoms with Crippen molar-refractivity contribution in [2.75, 3.05) is 51.0 Å². The van der Waals surface area contributed by atoms with Gasteiger partial charge in [0.1, 0.15) is 0 Å². The Morgan fingerprint density at radius 3 is 2.71 bits per heavy atom. The molecule has 0 unspecified atom stereocenters. The van der Waals surface area contributed by atoms with Crippen molar-refractivity contribution in [3.05, 3.63) is 41.3 Å². The summed E-state index contributed by atoms with van der Waals surface area (Å²) >= 11 is 1.57. The van der Waals surface area contributed by atoms with Crippen LogP contribution < -0.4 is 10.2 Å². The maximum atomic E-state index is 12.7. The summed E-state index contributed by atoms with van der Waals surface area (Å²) in [6.45, 7) is 9.50. The first-order chi connectivity index (χ1) is 13.6. The van der Waals surface area contributed by atoms with E-state index >= 15 is 0 Å². The smallest absolute Gasteiger partial charge is 0.261 e. The van der Waals surface area contributed by atoms with Crippen LogP contribution in [-0.4, -0.2) is 52.0 Å². The van der Waals surface area contributed by atoms with Gasteiger partial charge in [0.15, 0.2) is 0 Å².